The van der Waals surface area contributed by atoms with Gasteiger partial charge in [0, 0.05) is 13.0 Å². The molecule has 0 saturated carbocycles. The highest BCUT2D eigenvalue weighted by molar-refractivity contribution is 5.67. The zero-order chi connectivity index (χ0) is 12.9. The van der Waals surface area contributed by atoms with Gasteiger partial charge in [0.15, 0.2) is 5.82 Å². The number of hydrogen-bond donors (Lipinski definition) is 1. The molecule has 96 valence electrons. The molecule has 1 heterocycles. The minimum absolute atomic E-state index is 0.404. The number of ether oxygens (including phenoxy) is 1. The van der Waals surface area contributed by atoms with Gasteiger partial charge < -0.3 is 14.6 Å². The van der Waals surface area contributed by atoms with E-state index in [1.807, 2.05) is 20.8 Å². The van der Waals surface area contributed by atoms with Crippen LogP contribution in [-0.4, -0.2) is 28.4 Å². The van der Waals surface area contributed by atoms with Crippen molar-refractivity contribution in [1.29, 1.82) is 0 Å². The maximum atomic E-state index is 11.3. The highest BCUT2D eigenvalue weighted by atomic mass is 16.6. The van der Waals surface area contributed by atoms with Crippen molar-refractivity contribution in [2.24, 2.45) is 0 Å². The fraction of sp³-hybridized carbons (Fsp3) is 0.727. The van der Waals surface area contributed by atoms with E-state index in [0.717, 1.165) is 6.42 Å². The minimum Gasteiger partial charge on any atom is -0.444 e. The predicted octanol–water partition coefficient (Wildman–Crippen LogP) is 1.84. The number of alkyl carbamates (subject to hydrolysis) is 1. The van der Waals surface area contributed by atoms with E-state index in [-0.39, 0.29) is 0 Å². The lowest BCUT2D eigenvalue weighted by molar-refractivity contribution is 0.0527. The van der Waals surface area contributed by atoms with Crippen molar-refractivity contribution in [3.63, 3.8) is 0 Å². The normalized spacial score (nSPS) is 11.3. The van der Waals surface area contributed by atoms with E-state index in [1.165, 1.54) is 0 Å². The van der Waals surface area contributed by atoms with Gasteiger partial charge in [-0.25, -0.2) is 4.79 Å². The van der Waals surface area contributed by atoms with E-state index >= 15 is 0 Å². The van der Waals surface area contributed by atoms with Crippen molar-refractivity contribution >= 4 is 6.09 Å². The quantitative estimate of drug-likeness (QED) is 0.814. The molecule has 1 amide bonds. The number of carbonyl (C=O) groups is 1. The van der Waals surface area contributed by atoms with Crippen LogP contribution in [-0.2, 0) is 11.2 Å². The number of aromatic nitrogens is 2. The fourth-order valence-electron chi connectivity index (χ4n) is 1.19. The maximum absolute atomic E-state index is 11.3. The van der Waals surface area contributed by atoms with Crippen LogP contribution < -0.4 is 5.32 Å². The molecule has 0 spiro atoms. The van der Waals surface area contributed by atoms with Crippen LogP contribution in [0.3, 0.4) is 0 Å². The van der Waals surface area contributed by atoms with Gasteiger partial charge in [0.2, 0.25) is 5.89 Å². The molecule has 0 unspecified atom stereocenters. The van der Waals surface area contributed by atoms with E-state index in [2.05, 4.69) is 15.5 Å². The summed E-state index contributed by atoms with van der Waals surface area (Å²) >= 11 is 0. The summed E-state index contributed by atoms with van der Waals surface area (Å²) in [4.78, 5) is 15.4. The van der Waals surface area contributed by atoms with Crippen molar-refractivity contribution in [3.05, 3.63) is 11.7 Å². The van der Waals surface area contributed by atoms with E-state index < -0.39 is 11.7 Å². The van der Waals surface area contributed by atoms with Crippen LogP contribution in [0.4, 0.5) is 4.79 Å². The Bertz CT molecular complexity index is 368. The zero-order valence-electron chi connectivity index (χ0n) is 10.7. The fourth-order valence-corrected chi connectivity index (χ4v) is 1.19. The molecule has 17 heavy (non-hydrogen) atoms. The molecule has 1 aromatic heterocycles. The molecule has 0 atom stereocenters. The summed E-state index contributed by atoms with van der Waals surface area (Å²) in [5, 5.41) is 6.35. The largest absolute Gasteiger partial charge is 0.444 e. The SMILES string of the molecule is Cc1noc(CCCNC(=O)OC(C)(C)C)n1. The third kappa shape index (κ3) is 5.89. The lowest BCUT2D eigenvalue weighted by atomic mass is 10.2. The van der Waals surface area contributed by atoms with Crippen LogP contribution >= 0.6 is 0 Å². The first-order valence-corrected chi connectivity index (χ1v) is 5.63. The lowest BCUT2D eigenvalue weighted by Gasteiger charge is -2.19. The molecule has 0 radical (unpaired) electrons. The summed E-state index contributed by atoms with van der Waals surface area (Å²) in [6, 6.07) is 0. The minimum atomic E-state index is -0.465. The second kappa shape index (κ2) is 5.65. The van der Waals surface area contributed by atoms with E-state index in [4.69, 9.17) is 9.26 Å². The van der Waals surface area contributed by atoms with Crippen molar-refractivity contribution in [3.8, 4) is 0 Å². The molecule has 6 heteroatoms. The third-order valence-corrected chi connectivity index (χ3v) is 1.81. The van der Waals surface area contributed by atoms with Gasteiger partial charge in [0.05, 0.1) is 0 Å². The monoisotopic (exact) mass is 241 g/mol. The molecule has 0 aliphatic heterocycles. The summed E-state index contributed by atoms with van der Waals surface area (Å²) in [6.07, 6.45) is 0.983. The Hall–Kier alpha value is -1.59. The molecule has 0 aromatic carbocycles. The molecule has 1 N–H and O–H groups in total. The number of rotatable bonds is 4. The first-order chi connectivity index (χ1) is 7.87. The molecule has 0 aliphatic rings. The van der Waals surface area contributed by atoms with Gasteiger partial charge in [-0.3, -0.25) is 0 Å². The Balaban J connectivity index is 2.14. The molecular weight excluding hydrogens is 222 g/mol. The van der Waals surface area contributed by atoms with E-state index in [9.17, 15) is 4.79 Å². The number of nitrogens with one attached hydrogen (secondary N) is 1. The average Bonchev–Trinajstić information content (AvgIpc) is 2.56. The summed E-state index contributed by atoms with van der Waals surface area (Å²) in [7, 11) is 0. The molecule has 6 nitrogen and oxygen atoms in total. The Labute approximate surface area is 101 Å². The Kier molecular flexibility index (Phi) is 4.48. The van der Waals surface area contributed by atoms with Crippen LogP contribution in [0.15, 0.2) is 4.52 Å². The van der Waals surface area contributed by atoms with Crippen molar-refractivity contribution < 1.29 is 14.1 Å². The molecule has 1 aromatic rings. The topological polar surface area (TPSA) is 77.2 Å². The third-order valence-electron chi connectivity index (χ3n) is 1.81. The van der Waals surface area contributed by atoms with Crippen molar-refractivity contribution in [2.45, 2.75) is 46.1 Å². The van der Waals surface area contributed by atoms with E-state index in [0.29, 0.717) is 24.7 Å². The molecule has 0 saturated heterocycles. The number of amides is 1. The summed E-state index contributed by atoms with van der Waals surface area (Å²) in [6.45, 7) is 7.78. The first kappa shape index (κ1) is 13.5. The first-order valence-electron chi connectivity index (χ1n) is 5.63. The average molecular weight is 241 g/mol. The van der Waals surface area contributed by atoms with Gasteiger partial charge in [-0.05, 0) is 34.1 Å². The summed E-state index contributed by atoms with van der Waals surface area (Å²) in [5.41, 5.74) is -0.465. The highest BCUT2D eigenvalue weighted by Gasteiger charge is 2.15. The van der Waals surface area contributed by atoms with Crippen LogP contribution in [0.1, 0.15) is 38.9 Å². The molecular formula is C11H19N3O3. The van der Waals surface area contributed by atoms with Gasteiger partial charge >= 0.3 is 6.09 Å². The molecule has 1 rings (SSSR count). The summed E-state index contributed by atoms with van der Waals surface area (Å²) in [5.74, 6) is 1.22. The zero-order valence-corrected chi connectivity index (χ0v) is 10.7. The molecule has 0 fully saturated rings. The van der Waals surface area contributed by atoms with Crippen LogP contribution in [0.5, 0.6) is 0 Å². The number of aryl methyl sites for hydroxylation is 2. The smallest absolute Gasteiger partial charge is 0.407 e. The van der Waals surface area contributed by atoms with E-state index in [1.54, 1.807) is 6.92 Å². The van der Waals surface area contributed by atoms with Gasteiger partial charge in [-0.1, -0.05) is 5.16 Å². The van der Waals surface area contributed by atoms with Crippen molar-refractivity contribution in [1.82, 2.24) is 15.5 Å². The molecule has 0 aliphatic carbocycles. The Morgan fingerprint density at radius 1 is 1.47 bits per heavy atom. The predicted molar refractivity (Wildman–Crippen MR) is 61.6 cm³/mol. The highest BCUT2D eigenvalue weighted by Crippen LogP contribution is 2.06. The van der Waals surface area contributed by atoms with Gasteiger partial charge in [-0.2, -0.15) is 4.98 Å². The number of hydrogen-bond acceptors (Lipinski definition) is 5. The second-order valence-electron chi connectivity index (χ2n) is 4.77. The standard InChI is InChI=1S/C11H19N3O3/c1-8-13-9(17-14-8)6-5-7-12-10(15)16-11(2,3)4/h5-7H2,1-4H3,(H,12,15). The number of nitrogens with zero attached hydrogens (tertiary/aromatic N) is 2. The van der Waals surface area contributed by atoms with Gasteiger partial charge in [-0.15, -0.1) is 0 Å². The van der Waals surface area contributed by atoms with Gasteiger partial charge in [0.25, 0.3) is 0 Å². The number of carbonyl (C=O) groups excluding carboxylic acids is 1. The van der Waals surface area contributed by atoms with Crippen LogP contribution in [0, 0.1) is 6.92 Å². The Morgan fingerprint density at radius 2 is 2.18 bits per heavy atom. The lowest BCUT2D eigenvalue weighted by Crippen LogP contribution is -2.33. The van der Waals surface area contributed by atoms with Gasteiger partial charge in [0.1, 0.15) is 5.60 Å². The van der Waals surface area contributed by atoms with Crippen molar-refractivity contribution in [2.75, 3.05) is 6.54 Å². The molecule has 0 bridgehead atoms. The Morgan fingerprint density at radius 3 is 2.71 bits per heavy atom. The second-order valence-corrected chi connectivity index (χ2v) is 4.77. The maximum Gasteiger partial charge on any atom is 0.407 e. The summed E-state index contributed by atoms with van der Waals surface area (Å²) < 4.78 is 10.0. The van der Waals surface area contributed by atoms with Crippen LogP contribution in [0.2, 0.25) is 0 Å². The van der Waals surface area contributed by atoms with Crippen LogP contribution in [0.25, 0.3) is 0 Å².